The van der Waals surface area contributed by atoms with Gasteiger partial charge in [-0.3, -0.25) is 0 Å². The third-order valence-electron chi connectivity index (χ3n) is 3.83. The summed E-state index contributed by atoms with van der Waals surface area (Å²) in [6.45, 7) is 0.287. The van der Waals surface area contributed by atoms with Gasteiger partial charge in [0.25, 0.3) is 0 Å². The van der Waals surface area contributed by atoms with Crippen LogP contribution in [0.15, 0.2) is 76.4 Å². The van der Waals surface area contributed by atoms with E-state index in [4.69, 9.17) is 38.5 Å². The molecule has 0 aliphatic carbocycles. The van der Waals surface area contributed by atoms with Crippen molar-refractivity contribution in [1.82, 2.24) is 0 Å². The molecule has 0 spiro atoms. The van der Waals surface area contributed by atoms with E-state index in [1.165, 1.54) is 6.07 Å². The largest absolute Gasteiger partial charge is 0.488 e. The highest BCUT2D eigenvalue weighted by molar-refractivity contribution is 9.10. The Labute approximate surface area is 186 Å². The first-order chi connectivity index (χ1) is 13.9. The van der Waals surface area contributed by atoms with Crippen molar-refractivity contribution < 1.29 is 14.4 Å². The number of carbonyl (C=O) groups is 1. The molecule has 0 heterocycles. The number of hydrogen-bond acceptors (Lipinski definition) is 4. The number of nitrogens with two attached hydrogens (primary N) is 1. The molecule has 0 saturated carbocycles. The molecular formula is C21H15BrCl2N2O3. The fourth-order valence-electron chi connectivity index (χ4n) is 2.40. The normalized spacial score (nSPS) is 11.2. The Balaban J connectivity index is 1.66. The number of oxime groups is 1. The van der Waals surface area contributed by atoms with Gasteiger partial charge in [0.2, 0.25) is 0 Å². The summed E-state index contributed by atoms with van der Waals surface area (Å²) < 4.78 is 6.61. The minimum absolute atomic E-state index is 0.0339. The lowest BCUT2D eigenvalue weighted by atomic mass is 10.1. The number of para-hydroxylation sites is 1. The van der Waals surface area contributed by atoms with E-state index in [1.54, 1.807) is 30.3 Å². The third kappa shape index (κ3) is 5.73. The summed E-state index contributed by atoms with van der Waals surface area (Å²) >= 11 is 15.4. The maximum atomic E-state index is 12.3. The first kappa shape index (κ1) is 21.2. The molecule has 0 aromatic heterocycles. The topological polar surface area (TPSA) is 73.9 Å². The molecule has 0 radical (unpaired) electrons. The number of rotatable bonds is 6. The number of amidine groups is 1. The van der Waals surface area contributed by atoms with Crippen molar-refractivity contribution in [3.8, 4) is 5.75 Å². The molecule has 0 saturated heterocycles. The lowest BCUT2D eigenvalue weighted by Gasteiger charge is -2.09. The van der Waals surface area contributed by atoms with Crippen LogP contribution in [0, 0.1) is 0 Å². The fraction of sp³-hybridized carbons (Fsp3) is 0.0476. The minimum Gasteiger partial charge on any atom is -0.488 e. The highest BCUT2D eigenvalue weighted by Gasteiger charge is 2.11. The molecule has 0 fully saturated rings. The Kier molecular flexibility index (Phi) is 7.14. The monoisotopic (exact) mass is 492 g/mol. The molecule has 3 rings (SSSR count). The maximum absolute atomic E-state index is 12.3. The Morgan fingerprint density at radius 2 is 1.83 bits per heavy atom. The van der Waals surface area contributed by atoms with E-state index in [-0.39, 0.29) is 12.4 Å². The molecule has 5 nitrogen and oxygen atoms in total. The van der Waals surface area contributed by atoms with Crippen LogP contribution in [-0.4, -0.2) is 11.8 Å². The van der Waals surface area contributed by atoms with Crippen LogP contribution in [0.2, 0.25) is 10.0 Å². The zero-order valence-corrected chi connectivity index (χ0v) is 18.0. The van der Waals surface area contributed by atoms with Gasteiger partial charge in [-0.25, -0.2) is 4.79 Å². The summed E-state index contributed by atoms with van der Waals surface area (Å²) in [5, 5.41) is 4.45. The smallest absolute Gasteiger partial charge is 0.365 e. The average Bonchev–Trinajstić information content (AvgIpc) is 2.71. The van der Waals surface area contributed by atoms with Crippen LogP contribution >= 0.6 is 39.1 Å². The summed E-state index contributed by atoms with van der Waals surface area (Å²) in [4.78, 5) is 17.3. The highest BCUT2D eigenvalue weighted by atomic mass is 79.9. The van der Waals surface area contributed by atoms with Crippen molar-refractivity contribution in [2.45, 2.75) is 6.61 Å². The number of benzene rings is 3. The molecule has 0 aliphatic rings. The van der Waals surface area contributed by atoms with Crippen LogP contribution in [-0.2, 0) is 11.4 Å². The van der Waals surface area contributed by atoms with Crippen molar-refractivity contribution in [2.24, 2.45) is 10.9 Å². The Hall–Kier alpha value is -2.54. The van der Waals surface area contributed by atoms with Crippen molar-refractivity contribution in [3.63, 3.8) is 0 Å². The van der Waals surface area contributed by atoms with E-state index in [9.17, 15) is 4.79 Å². The SMILES string of the molecule is N/C(=N\OC(=O)c1cccc(COc2ccccc2Br)c1)c1ccc(Cl)cc1Cl. The molecule has 2 N–H and O–H groups in total. The van der Waals surface area contributed by atoms with Gasteiger partial charge >= 0.3 is 5.97 Å². The van der Waals surface area contributed by atoms with Gasteiger partial charge < -0.3 is 15.3 Å². The quantitative estimate of drug-likeness (QED) is 0.203. The standard InChI is InChI=1S/C21H15BrCl2N2O3/c22-17-6-1-2-7-19(17)28-12-13-4-3-5-14(10-13)21(27)29-26-20(25)16-9-8-15(23)11-18(16)24/h1-11H,12H2,(H2,25,26). The Morgan fingerprint density at radius 1 is 1.03 bits per heavy atom. The van der Waals surface area contributed by atoms with Gasteiger partial charge in [0.1, 0.15) is 12.4 Å². The summed E-state index contributed by atoms with van der Waals surface area (Å²) in [6, 6.07) is 19.1. The highest BCUT2D eigenvalue weighted by Crippen LogP contribution is 2.25. The molecule has 8 heteroatoms. The predicted octanol–water partition coefficient (Wildman–Crippen LogP) is 5.81. The molecule has 0 amide bonds. The summed E-state index contributed by atoms with van der Waals surface area (Å²) in [5.74, 6) is 0.0203. The Morgan fingerprint density at radius 3 is 2.59 bits per heavy atom. The number of halogens is 3. The lowest BCUT2D eigenvalue weighted by Crippen LogP contribution is -2.16. The van der Waals surface area contributed by atoms with E-state index >= 15 is 0 Å². The van der Waals surface area contributed by atoms with Crippen LogP contribution in [0.3, 0.4) is 0 Å². The molecule has 29 heavy (non-hydrogen) atoms. The van der Waals surface area contributed by atoms with E-state index in [0.717, 1.165) is 10.0 Å². The van der Waals surface area contributed by atoms with Crippen molar-refractivity contribution in [1.29, 1.82) is 0 Å². The maximum Gasteiger partial charge on any atom is 0.365 e. The van der Waals surface area contributed by atoms with E-state index < -0.39 is 5.97 Å². The zero-order chi connectivity index (χ0) is 20.8. The van der Waals surface area contributed by atoms with Gasteiger partial charge in [0, 0.05) is 10.6 Å². The summed E-state index contributed by atoms with van der Waals surface area (Å²) in [5.41, 5.74) is 7.38. The molecule has 0 atom stereocenters. The molecule has 148 valence electrons. The second-order valence-electron chi connectivity index (χ2n) is 5.90. The zero-order valence-electron chi connectivity index (χ0n) is 14.9. The molecule has 3 aromatic rings. The number of carbonyl (C=O) groups excluding carboxylic acids is 1. The molecule has 0 unspecified atom stereocenters. The summed E-state index contributed by atoms with van der Waals surface area (Å²) in [6.07, 6.45) is 0. The van der Waals surface area contributed by atoms with Gasteiger partial charge in [0.05, 0.1) is 15.1 Å². The van der Waals surface area contributed by atoms with Gasteiger partial charge in [-0.15, -0.1) is 0 Å². The van der Waals surface area contributed by atoms with Crippen LogP contribution in [0.5, 0.6) is 5.75 Å². The van der Waals surface area contributed by atoms with Crippen LogP contribution in [0.1, 0.15) is 21.5 Å². The second-order valence-corrected chi connectivity index (χ2v) is 7.60. The fourth-order valence-corrected chi connectivity index (χ4v) is 3.31. The van der Waals surface area contributed by atoms with E-state index in [1.807, 2.05) is 30.3 Å². The average molecular weight is 494 g/mol. The molecule has 3 aromatic carbocycles. The van der Waals surface area contributed by atoms with Crippen LogP contribution in [0.4, 0.5) is 0 Å². The molecular weight excluding hydrogens is 479 g/mol. The second kappa shape index (κ2) is 9.78. The van der Waals surface area contributed by atoms with E-state index in [2.05, 4.69) is 21.1 Å². The molecule has 0 aliphatic heterocycles. The number of hydrogen-bond donors (Lipinski definition) is 1. The summed E-state index contributed by atoms with van der Waals surface area (Å²) in [7, 11) is 0. The number of ether oxygens (including phenoxy) is 1. The van der Waals surface area contributed by atoms with Crippen LogP contribution in [0.25, 0.3) is 0 Å². The van der Waals surface area contributed by atoms with Gasteiger partial charge in [-0.2, -0.15) is 0 Å². The van der Waals surface area contributed by atoms with Gasteiger partial charge in [0.15, 0.2) is 5.84 Å². The number of nitrogens with zero attached hydrogens (tertiary/aromatic N) is 1. The van der Waals surface area contributed by atoms with E-state index in [0.29, 0.717) is 26.9 Å². The predicted molar refractivity (Wildman–Crippen MR) is 118 cm³/mol. The third-order valence-corrected chi connectivity index (χ3v) is 5.03. The minimum atomic E-state index is -0.652. The van der Waals surface area contributed by atoms with Gasteiger partial charge in [-0.05, 0) is 64.0 Å². The van der Waals surface area contributed by atoms with Crippen molar-refractivity contribution in [3.05, 3.63) is 97.9 Å². The Bertz CT molecular complexity index is 1070. The van der Waals surface area contributed by atoms with Crippen molar-refractivity contribution >= 4 is 50.9 Å². The van der Waals surface area contributed by atoms with Crippen molar-refractivity contribution in [2.75, 3.05) is 0 Å². The first-order valence-corrected chi connectivity index (χ1v) is 9.95. The first-order valence-electron chi connectivity index (χ1n) is 8.40. The van der Waals surface area contributed by atoms with Crippen LogP contribution < -0.4 is 10.5 Å². The molecule has 0 bridgehead atoms. The lowest BCUT2D eigenvalue weighted by molar-refractivity contribution is 0.0516. The van der Waals surface area contributed by atoms with Gasteiger partial charge in [-0.1, -0.05) is 52.6 Å².